The Kier molecular flexibility index (Phi) is 5.66. The zero-order valence-electron chi connectivity index (χ0n) is 10.4. The average Bonchev–Trinajstić information content (AvgIpc) is 2.38. The minimum Gasteiger partial charge on any atom is -0.391 e. The molecule has 1 rings (SSSR count). The van der Waals surface area contributed by atoms with E-state index in [0.717, 1.165) is 0 Å². The number of aromatic nitrogens is 1. The maximum Gasteiger partial charge on any atom is 0.328 e. The highest BCUT2D eigenvalue weighted by Gasteiger charge is 2.20. The molecule has 0 aromatic carbocycles. The number of aliphatic hydroxyl groups excluding tert-OH is 1. The number of hydrogen-bond donors (Lipinski definition) is 2. The third-order valence-electron chi connectivity index (χ3n) is 2.36. The molecule has 0 fully saturated rings. The first kappa shape index (κ1) is 14.8. The van der Waals surface area contributed by atoms with Gasteiger partial charge in [0.15, 0.2) is 0 Å². The van der Waals surface area contributed by atoms with Gasteiger partial charge in [-0.2, -0.15) is 5.26 Å². The van der Waals surface area contributed by atoms with Gasteiger partial charge < -0.3 is 15.2 Å². The molecule has 1 aromatic rings. The summed E-state index contributed by atoms with van der Waals surface area (Å²) in [7, 11) is 1.47. The van der Waals surface area contributed by atoms with E-state index in [1.807, 2.05) is 0 Å². The molecular formula is C11H14N4O4. The quantitative estimate of drug-likeness (QED) is 0.549. The van der Waals surface area contributed by atoms with Gasteiger partial charge in [-0.25, -0.2) is 4.98 Å². The predicted octanol–water partition coefficient (Wildman–Crippen LogP) is 0.671. The summed E-state index contributed by atoms with van der Waals surface area (Å²) in [5.41, 5.74) is -0.411. The van der Waals surface area contributed by atoms with Gasteiger partial charge >= 0.3 is 5.69 Å². The number of nitriles is 1. The summed E-state index contributed by atoms with van der Waals surface area (Å²) in [4.78, 5) is 14.1. The lowest BCUT2D eigenvalue weighted by Crippen LogP contribution is -2.19. The third-order valence-corrected chi connectivity index (χ3v) is 2.36. The van der Waals surface area contributed by atoms with Crippen LogP contribution in [0.4, 0.5) is 11.5 Å². The SMILES string of the molecule is COCC(O)CCNc1nccc(C#N)c1[N+](=O)[O-]. The predicted molar refractivity (Wildman–Crippen MR) is 66.6 cm³/mol. The zero-order valence-corrected chi connectivity index (χ0v) is 10.4. The first-order chi connectivity index (χ1) is 9.10. The topological polar surface area (TPSA) is 121 Å². The van der Waals surface area contributed by atoms with E-state index in [4.69, 9.17) is 10.00 Å². The van der Waals surface area contributed by atoms with Crippen LogP contribution in [0.3, 0.4) is 0 Å². The van der Waals surface area contributed by atoms with Crippen LogP contribution in [0, 0.1) is 21.4 Å². The van der Waals surface area contributed by atoms with Crippen molar-refractivity contribution in [1.29, 1.82) is 5.26 Å². The Hall–Kier alpha value is -2.24. The van der Waals surface area contributed by atoms with Crippen LogP contribution >= 0.6 is 0 Å². The number of nitrogens with one attached hydrogen (secondary N) is 1. The maximum atomic E-state index is 10.9. The standard InChI is InChI=1S/C11H14N4O4/c1-19-7-9(16)3-5-14-11-10(15(17)18)8(6-12)2-4-13-11/h2,4,9,16H,3,5,7H2,1H3,(H,13,14). The Labute approximate surface area is 109 Å². The van der Waals surface area contributed by atoms with Crippen LogP contribution in [-0.4, -0.2) is 41.4 Å². The van der Waals surface area contributed by atoms with Gasteiger partial charge in [-0.3, -0.25) is 10.1 Å². The van der Waals surface area contributed by atoms with Crippen molar-refractivity contribution in [3.05, 3.63) is 27.9 Å². The second-order valence-corrected chi connectivity index (χ2v) is 3.75. The normalized spacial score (nSPS) is 11.6. The van der Waals surface area contributed by atoms with Crippen molar-refractivity contribution >= 4 is 11.5 Å². The van der Waals surface area contributed by atoms with Crippen molar-refractivity contribution in [2.45, 2.75) is 12.5 Å². The van der Waals surface area contributed by atoms with Crippen molar-refractivity contribution in [2.24, 2.45) is 0 Å². The first-order valence-electron chi connectivity index (χ1n) is 5.54. The molecule has 0 spiro atoms. The van der Waals surface area contributed by atoms with E-state index in [1.165, 1.54) is 19.4 Å². The minimum atomic E-state index is -0.657. The van der Waals surface area contributed by atoms with Crippen molar-refractivity contribution in [2.75, 3.05) is 25.6 Å². The number of hydrogen-bond acceptors (Lipinski definition) is 7. The lowest BCUT2D eigenvalue weighted by atomic mass is 10.2. The van der Waals surface area contributed by atoms with Crippen molar-refractivity contribution in [3.63, 3.8) is 0 Å². The van der Waals surface area contributed by atoms with E-state index >= 15 is 0 Å². The van der Waals surface area contributed by atoms with Crippen molar-refractivity contribution < 1.29 is 14.8 Å². The number of aliphatic hydroxyl groups is 1. The maximum absolute atomic E-state index is 10.9. The smallest absolute Gasteiger partial charge is 0.328 e. The highest BCUT2D eigenvalue weighted by atomic mass is 16.6. The highest BCUT2D eigenvalue weighted by Crippen LogP contribution is 2.25. The molecule has 8 nitrogen and oxygen atoms in total. The summed E-state index contributed by atoms with van der Waals surface area (Å²) < 4.78 is 4.76. The van der Waals surface area contributed by atoms with Gasteiger partial charge in [0.25, 0.3) is 0 Å². The van der Waals surface area contributed by atoms with Crippen LogP contribution in [0.5, 0.6) is 0 Å². The molecule has 0 bridgehead atoms. The van der Waals surface area contributed by atoms with E-state index in [-0.39, 0.29) is 30.2 Å². The summed E-state index contributed by atoms with van der Waals surface area (Å²) >= 11 is 0. The van der Waals surface area contributed by atoms with E-state index in [0.29, 0.717) is 6.42 Å². The van der Waals surface area contributed by atoms with Gasteiger partial charge in [0.1, 0.15) is 11.6 Å². The number of nitrogens with zero attached hydrogens (tertiary/aromatic N) is 3. The van der Waals surface area contributed by atoms with Gasteiger partial charge in [-0.1, -0.05) is 0 Å². The molecule has 1 heterocycles. The van der Waals surface area contributed by atoms with E-state index in [1.54, 1.807) is 6.07 Å². The molecule has 0 aliphatic rings. The fraction of sp³-hybridized carbons (Fsp3) is 0.455. The largest absolute Gasteiger partial charge is 0.391 e. The molecule has 102 valence electrons. The molecule has 0 aliphatic heterocycles. The lowest BCUT2D eigenvalue weighted by Gasteiger charge is -2.10. The highest BCUT2D eigenvalue weighted by molar-refractivity contribution is 5.63. The number of rotatable bonds is 7. The van der Waals surface area contributed by atoms with Crippen LogP contribution in [-0.2, 0) is 4.74 Å². The van der Waals surface area contributed by atoms with E-state index < -0.39 is 11.0 Å². The molecule has 1 aromatic heterocycles. The summed E-state index contributed by atoms with van der Waals surface area (Å²) in [5, 5.41) is 31.9. The molecule has 19 heavy (non-hydrogen) atoms. The molecule has 1 atom stereocenters. The first-order valence-corrected chi connectivity index (χ1v) is 5.54. The van der Waals surface area contributed by atoms with Gasteiger partial charge in [-0.15, -0.1) is 0 Å². The number of anilines is 1. The second-order valence-electron chi connectivity index (χ2n) is 3.75. The fourth-order valence-corrected chi connectivity index (χ4v) is 1.49. The Balaban J connectivity index is 2.74. The molecular weight excluding hydrogens is 252 g/mol. The number of ether oxygens (including phenoxy) is 1. The van der Waals surface area contributed by atoms with Crippen LogP contribution in [0.1, 0.15) is 12.0 Å². The van der Waals surface area contributed by atoms with Crippen LogP contribution in [0.2, 0.25) is 0 Å². The molecule has 0 aliphatic carbocycles. The average molecular weight is 266 g/mol. The van der Waals surface area contributed by atoms with Gasteiger partial charge in [-0.05, 0) is 12.5 Å². The molecule has 0 saturated heterocycles. The van der Waals surface area contributed by atoms with Gasteiger partial charge in [0, 0.05) is 19.9 Å². The summed E-state index contributed by atoms with van der Waals surface area (Å²) in [6.07, 6.45) is 1.01. The van der Waals surface area contributed by atoms with Gasteiger partial charge in [0.2, 0.25) is 5.82 Å². The molecule has 0 amide bonds. The molecule has 8 heteroatoms. The van der Waals surface area contributed by atoms with Crippen molar-refractivity contribution in [1.82, 2.24) is 4.98 Å². The summed E-state index contributed by atoms with van der Waals surface area (Å²) in [6.45, 7) is 0.475. The second kappa shape index (κ2) is 7.25. The fourth-order valence-electron chi connectivity index (χ4n) is 1.49. The molecule has 2 N–H and O–H groups in total. The Morgan fingerprint density at radius 2 is 2.47 bits per heavy atom. The molecule has 0 saturated carbocycles. The van der Waals surface area contributed by atoms with Crippen LogP contribution < -0.4 is 5.32 Å². The lowest BCUT2D eigenvalue weighted by molar-refractivity contribution is -0.384. The van der Waals surface area contributed by atoms with E-state index in [2.05, 4.69) is 10.3 Å². The number of nitro groups is 1. The Morgan fingerprint density at radius 1 is 1.74 bits per heavy atom. The monoisotopic (exact) mass is 266 g/mol. The zero-order chi connectivity index (χ0) is 14.3. The Bertz CT molecular complexity index is 486. The molecule has 1 unspecified atom stereocenters. The number of pyridine rings is 1. The Morgan fingerprint density at radius 3 is 3.05 bits per heavy atom. The third kappa shape index (κ3) is 4.17. The summed E-state index contributed by atoms with van der Waals surface area (Å²) in [5.74, 6) is 0.0219. The minimum absolute atomic E-state index is 0.0219. The van der Waals surface area contributed by atoms with Crippen LogP contribution in [0.15, 0.2) is 12.3 Å². The molecule has 0 radical (unpaired) electrons. The van der Waals surface area contributed by atoms with Crippen LogP contribution in [0.25, 0.3) is 0 Å². The van der Waals surface area contributed by atoms with Crippen molar-refractivity contribution in [3.8, 4) is 6.07 Å². The number of methoxy groups -OCH3 is 1. The summed E-state index contributed by atoms with van der Waals surface area (Å²) in [6, 6.07) is 3.03. The van der Waals surface area contributed by atoms with Gasteiger partial charge in [0.05, 0.1) is 17.6 Å². The van der Waals surface area contributed by atoms with E-state index in [9.17, 15) is 15.2 Å².